The van der Waals surface area contributed by atoms with Crippen LogP contribution in [0.5, 0.6) is 0 Å². The van der Waals surface area contributed by atoms with Crippen LogP contribution < -0.4 is 16.0 Å². The van der Waals surface area contributed by atoms with Gasteiger partial charge in [-0.2, -0.15) is 0 Å². The van der Waals surface area contributed by atoms with E-state index in [-0.39, 0.29) is 38.1 Å². The molecule has 46 heavy (non-hydrogen) atoms. The highest BCUT2D eigenvalue weighted by atomic mass is 32.1. The highest BCUT2D eigenvalue weighted by Crippen LogP contribution is 2.29. The van der Waals surface area contributed by atoms with E-state index >= 15 is 0 Å². The first kappa shape index (κ1) is 36.9. The van der Waals surface area contributed by atoms with Crippen LogP contribution in [0.15, 0.2) is 29.8 Å². The summed E-state index contributed by atoms with van der Waals surface area (Å²) in [5.41, 5.74) is 3.44. The Kier molecular flexibility index (Phi) is 12.7. The number of β-amino-alcohol motifs (C(OH)–C–C–N with tert-alkyl or cyclic N) is 1. The predicted octanol–water partition coefficient (Wildman–Crippen LogP) is 3.72. The molecule has 1 aliphatic rings. The molecule has 1 fully saturated rings. The van der Waals surface area contributed by atoms with Crippen LogP contribution in [-0.4, -0.2) is 88.9 Å². The molecule has 12 nitrogen and oxygen atoms in total. The van der Waals surface area contributed by atoms with Crippen LogP contribution >= 0.6 is 11.3 Å². The molecule has 1 aliphatic heterocycles. The number of thiazole rings is 1. The number of likely N-dealkylation sites (tertiary alicyclic amines) is 1. The van der Waals surface area contributed by atoms with Gasteiger partial charge in [-0.05, 0) is 57.6 Å². The van der Waals surface area contributed by atoms with Crippen molar-refractivity contribution in [1.29, 1.82) is 0 Å². The smallest absolute Gasteiger partial charge is 0.407 e. The molecular formula is C33H49N5O7S. The number of alkyl carbamates (subject to hydrolysis) is 1. The molecule has 1 aromatic heterocycles. The van der Waals surface area contributed by atoms with Crippen molar-refractivity contribution in [2.45, 2.75) is 98.1 Å². The van der Waals surface area contributed by atoms with E-state index in [9.17, 15) is 24.3 Å². The van der Waals surface area contributed by atoms with Crippen molar-refractivity contribution in [2.24, 2.45) is 5.41 Å². The number of ether oxygens (including phenoxy) is 2. The van der Waals surface area contributed by atoms with Crippen molar-refractivity contribution in [3.05, 3.63) is 41.0 Å². The largest absolute Gasteiger partial charge is 0.444 e. The number of hydrogen-bond donors (Lipinski definition) is 4. The lowest BCUT2D eigenvalue weighted by Crippen LogP contribution is -2.58. The molecule has 0 aliphatic carbocycles. The number of aryl methyl sites for hydroxylation is 1. The molecule has 2 aromatic rings. The summed E-state index contributed by atoms with van der Waals surface area (Å²) in [7, 11) is 0. The Labute approximate surface area is 275 Å². The fourth-order valence-electron chi connectivity index (χ4n) is 5.06. The number of benzene rings is 1. The third-order valence-electron chi connectivity index (χ3n) is 7.43. The molecule has 3 rings (SSSR count). The summed E-state index contributed by atoms with van der Waals surface area (Å²) in [6.07, 6.45) is -0.836. The lowest BCUT2D eigenvalue weighted by molar-refractivity contribution is -0.144. The number of carbonyl (C=O) groups is 4. The average Bonchev–Trinajstić information content (AvgIpc) is 3.57. The summed E-state index contributed by atoms with van der Waals surface area (Å²) in [5.74, 6) is -1.31. The number of aromatic nitrogens is 1. The molecule has 4 amide bonds. The fourth-order valence-corrected chi connectivity index (χ4v) is 5.87. The summed E-state index contributed by atoms with van der Waals surface area (Å²) in [5, 5.41) is 18.9. The normalized spacial score (nSPS) is 18.1. The number of rotatable bonds is 12. The molecule has 0 saturated carbocycles. The second-order valence-corrected chi connectivity index (χ2v) is 14.6. The quantitative estimate of drug-likeness (QED) is 0.251. The maximum atomic E-state index is 13.8. The molecule has 254 valence electrons. The van der Waals surface area contributed by atoms with E-state index in [1.165, 1.54) is 4.90 Å². The number of hydrogen-bond acceptors (Lipinski definition) is 9. The third kappa shape index (κ3) is 10.8. The summed E-state index contributed by atoms with van der Waals surface area (Å²) >= 11 is 1.57. The first-order valence-corrected chi connectivity index (χ1v) is 16.5. The Morgan fingerprint density at radius 3 is 2.35 bits per heavy atom. The topological polar surface area (TPSA) is 159 Å². The van der Waals surface area contributed by atoms with Gasteiger partial charge in [-0.15, -0.1) is 11.3 Å². The molecule has 4 atom stereocenters. The van der Waals surface area contributed by atoms with Crippen LogP contribution in [0.2, 0.25) is 0 Å². The lowest BCUT2D eigenvalue weighted by atomic mass is 9.85. The van der Waals surface area contributed by atoms with Crippen LogP contribution in [0.3, 0.4) is 0 Å². The summed E-state index contributed by atoms with van der Waals surface area (Å²) in [6.45, 7) is 14.9. The van der Waals surface area contributed by atoms with Gasteiger partial charge in [0, 0.05) is 26.1 Å². The van der Waals surface area contributed by atoms with E-state index in [2.05, 4.69) is 20.9 Å². The minimum Gasteiger partial charge on any atom is -0.444 e. The number of carbonyl (C=O) groups excluding carboxylic acids is 4. The lowest BCUT2D eigenvalue weighted by Gasteiger charge is -2.35. The van der Waals surface area contributed by atoms with Gasteiger partial charge in [0.25, 0.3) is 0 Å². The van der Waals surface area contributed by atoms with Gasteiger partial charge in [0.15, 0.2) is 0 Å². The van der Waals surface area contributed by atoms with E-state index in [4.69, 9.17) is 9.47 Å². The maximum Gasteiger partial charge on any atom is 0.407 e. The van der Waals surface area contributed by atoms with Gasteiger partial charge in [0.1, 0.15) is 24.3 Å². The zero-order valence-corrected chi connectivity index (χ0v) is 29.0. The summed E-state index contributed by atoms with van der Waals surface area (Å²) < 4.78 is 10.6. The predicted molar refractivity (Wildman–Crippen MR) is 176 cm³/mol. The SMILES string of the molecule is Cc1ncsc1-c1ccc(C(C)NC(=O)C2CC(O)CN2C(=O)C(NC(=O)COCCCNC(=O)OC(C)(C)C)C(C)(C)C)cc1. The summed E-state index contributed by atoms with van der Waals surface area (Å²) in [6, 6.07) is 5.71. The van der Waals surface area contributed by atoms with E-state index in [1.807, 2.05) is 64.4 Å². The standard InChI is InChI=1S/C33H49N5O7S/c1-20(22-10-12-23(13-11-22)27-21(2)35-19-46-27)36-29(41)25-16-24(39)17-38(25)30(42)28(32(3,4)5)37-26(40)18-44-15-9-14-34-31(43)45-33(6,7)8/h10-13,19-20,24-25,28,39H,9,14-18H2,1-8H3,(H,34,43)(H,36,41)(H,37,40). The van der Waals surface area contributed by atoms with Gasteiger partial charge < -0.3 is 35.4 Å². The highest BCUT2D eigenvalue weighted by Gasteiger charge is 2.44. The van der Waals surface area contributed by atoms with Crippen molar-refractivity contribution >= 4 is 35.2 Å². The monoisotopic (exact) mass is 659 g/mol. The van der Waals surface area contributed by atoms with Crippen molar-refractivity contribution in [2.75, 3.05) is 26.3 Å². The minimum atomic E-state index is -0.960. The van der Waals surface area contributed by atoms with E-state index in [0.717, 1.165) is 21.7 Å². The van der Waals surface area contributed by atoms with Crippen molar-refractivity contribution < 1.29 is 33.8 Å². The van der Waals surface area contributed by atoms with Crippen LogP contribution in [0.25, 0.3) is 10.4 Å². The zero-order valence-electron chi connectivity index (χ0n) is 28.1. The molecule has 1 aromatic carbocycles. The van der Waals surface area contributed by atoms with Gasteiger partial charge in [0.2, 0.25) is 17.7 Å². The van der Waals surface area contributed by atoms with E-state index < -0.39 is 47.1 Å². The first-order valence-electron chi connectivity index (χ1n) is 15.6. The van der Waals surface area contributed by atoms with Gasteiger partial charge in [-0.3, -0.25) is 14.4 Å². The van der Waals surface area contributed by atoms with Gasteiger partial charge in [-0.1, -0.05) is 45.0 Å². The van der Waals surface area contributed by atoms with E-state index in [1.54, 1.807) is 32.1 Å². The molecule has 2 heterocycles. The third-order valence-corrected chi connectivity index (χ3v) is 8.40. The molecule has 4 N–H and O–H groups in total. The minimum absolute atomic E-state index is 0.0161. The Morgan fingerprint density at radius 2 is 1.76 bits per heavy atom. The van der Waals surface area contributed by atoms with Gasteiger partial charge >= 0.3 is 6.09 Å². The second-order valence-electron chi connectivity index (χ2n) is 13.7. The number of nitrogens with one attached hydrogen (secondary N) is 3. The molecule has 0 bridgehead atoms. The second kappa shape index (κ2) is 15.8. The maximum absolute atomic E-state index is 13.8. The Morgan fingerprint density at radius 1 is 1.09 bits per heavy atom. The molecule has 4 unspecified atom stereocenters. The first-order chi connectivity index (χ1) is 21.5. The number of aliphatic hydroxyl groups excluding tert-OH is 1. The van der Waals surface area contributed by atoms with Crippen molar-refractivity contribution in [3.8, 4) is 10.4 Å². The molecular weight excluding hydrogens is 610 g/mol. The number of aliphatic hydroxyl groups is 1. The Balaban J connectivity index is 1.55. The van der Waals surface area contributed by atoms with Crippen LogP contribution in [0.4, 0.5) is 4.79 Å². The van der Waals surface area contributed by atoms with Crippen molar-refractivity contribution in [3.63, 3.8) is 0 Å². The van der Waals surface area contributed by atoms with E-state index in [0.29, 0.717) is 13.0 Å². The van der Waals surface area contributed by atoms with Gasteiger partial charge in [-0.25, -0.2) is 9.78 Å². The molecule has 1 saturated heterocycles. The number of nitrogens with zero attached hydrogens (tertiary/aromatic N) is 2. The summed E-state index contributed by atoms with van der Waals surface area (Å²) in [4.78, 5) is 58.6. The van der Waals surface area contributed by atoms with Crippen LogP contribution in [-0.2, 0) is 23.9 Å². The Bertz CT molecular complexity index is 1350. The molecule has 13 heteroatoms. The van der Waals surface area contributed by atoms with Crippen LogP contribution in [0.1, 0.15) is 78.6 Å². The molecule has 0 radical (unpaired) electrons. The fraction of sp³-hybridized carbons (Fsp3) is 0.606. The Hall–Kier alpha value is -3.55. The zero-order chi connectivity index (χ0) is 34.2. The van der Waals surface area contributed by atoms with Crippen molar-refractivity contribution in [1.82, 2.24) is 25.8 Å². The highest BCUT2D eigenvalue weighted by molar-refractivity contribution is 7.13. The number of amides is 4. The molecule has 0 spiro atoms. The van der Waals surface area contributed by atoms with Gasteiger partial charge in [0.05, 0.1) is 28.2 Å². The van der Waals surface area contributed by atoms with Crippen LogP contribution in [0, 0.1) is 12.3 Å². The average molecular weight is 660 g/mol.